The summed E-state index contributed by atoms with van der Waals surface area (Å²) < 4.78 is 5.25. The molecule has 2 N–H and O–H groups in total. The number of amides is 1. The number of ether oxygens (including phenoxy) is 1. The number of rotatable bonds is 3. The largest absolute Gasteiger partial charge is 0.388 e. The molecule has 0 aromatic rings. The van der Waals surface area contributed by atoms with Gasteiger partial charge in [0.2, 0.25) is 5.91 Å². The second kappa shape index (κ2) is 5.99. The third-order valence-electron chi connectivity index (χ3n) is 3.98. The van der Waals surface area contributed by atoms with Crippen molar-refractivity contribution < 1.29 is 14.6 Å². The van der Waals surface area contributed by atoms with E-state index in [0.717, 1.165) is 25.9 Å². The van der Waals surface area contributed by atoms with E-state index in [1.54, 1.807) is 11.9 Å². The van der Waals surface area contributed by atoms with Gasteiger partial charge in [-0.15, -0.1) is 0 Å². The summed E-state index contributed by atoms with van der Waals surface area (Å²) in [4.78, 5) is 14.0. The Morgan fingerprint density at radius 2 is 2.22 bits per heavy atom. The monoisotopic (exact) mass is 256 g/mol. The third kappa shape index (κ3) is 3.43. The molecule has 1 unspecified atom stereocenters. The van der Waals surface area contributed by atoms with Crippen LogP contribution in [0.2, 0.25) is 0 Å². The molecule has 2 heterocycles. The van der Waals surface area contributed by atoms with E-state index >= 15 is 0 Å². The molecule has 0 aliphatic carbocycles. The maximum absolute atomic E-state index is 12.3. The van der Waals surface area contributed by atoms with Gasteiger partial charge >= 0.3 is 0 Å². The van der Waals surface area contributed by atoms with Crippen molar-refractivity contribution in [1.82, 2.24) is 10.2 Å². The highest BCUT2D eigenvalue weighted by molar-refractivity contribution is 5.79. The minimum absolute atomic E-state index is 0.0761. The quantitative estimate of drug-likeness (QED) is 0.745. The van der Waals surface area contributed by atoms with Crippen molar-refractivity contribution in [3.63, 3.8) is 0 Å². The van der Waals surface area contributed by atoms with Gasteiger partial charge in [-0.25, -0.2) is 0 Å². The topological polar surface area (TPSA) is 61.8 Å². The minimum Gasteiger partial charge on any atom is -0.388 e. The summed E-state index contributed by atoms with van der Waals surface area (Å²) in [6.07, 6.45) is 3.25. The number of hydrogen-bond donors (Lipinski definition) is 2. The van der Waals surface area contributed by atoms with Crippen molar-refractivity contribution in [3.05, 3.63) is 0 Å². The summed E-state index contributed by atoms with van der Waals surface area (Å²) in [5, 5.41) is 13.7. The molecule has 0 aromatic heterocycles. The maximum atomic E-state index is 12.3. The molecule has 18 heavy (non-hydrogen) atoms. The number of likely N-dealkylation sites (N-methyl/N-ethyl adjacent to an activating group) is 1. The van der Waals surface area contributed by atoms with Crippen LogP contribution >= 0.6 is 0 Å². The lowest BCUT2D eigenvalue weighted by Gasteiger charge is -2.37. The Labute approximate surface area is 108 Å². The van der Waals surface area contributed by atoms with Crippen molar-refractivity contribution in [2.24, 2.45) is 5.92 Å². The number of nitrogens with zero attached hydrogens (tertiary/aromatic N) is 1. The molecule has 0 radical (unpaired) electrons. The SMILES string of the molecule is CN(CC1(O)CCOCC1)C(=O)C1CCCNC1. The number of piperidine rings is 1. The zero-order valence-corrected chi connectivity index (χ0v) is 11.2. The van der Waals surface area contributed by atoms with E-state index in [4.69, 9.17) is 4.74 Å². The molecule has 2 rings (SSSR count). The van der Waals surface area contributed by atoms with E-state index < -0.39 is 5.60 Å². The van der Waals surface area contributed by atoms with E-state index in [-0.39, 0.29) is 11.8 Å². The van der Waals surface area contributed by atoms with Crippen LogP contribution in [0.3, 0.4) is 0 Å². The summed E-state index contributed by atoms with van der Waals surface area (Å²) in [6.45, 7) is 3.37. The number of nitrogens with one attached hydrogen (secondary N) is 1. The van der Waals surface area contributed by atoms with Gasteiger partial charge < -0.3 is 20.1 Å². The Kier molecular flexibility index (Phi) is 4.59. The third-order valence-corrected chi connectivity index (χ3v) is 3.98. The highest BCUT2D eigenvalue weighted by Crippen LogP contribution is 2.22. The molecule has 2 fully saturated rings. The van der Waals surface area contributed by atoms with Crippen molar-refractivity contribution >= 4 is 5.91 Å². The molecular formula is C13H24N2O3. The van der Waals surface area contributed by atoms with E-state index in [9.17, 15) is 9.90 Å². The van der Waals surface area contributed by atoms with Crippen molar-refractivity contribution in [2.45, 2.75) is 31.3 Å². The predicted molar refractivity (Wildman–Crippen MR) is 68.2 cm³/mol. The van der Waals surface area contributed by atoms with Crippen molar-refractivity contribution in [3.8, 4) is 0 Å². The fourth-order valence-electron chi connectivity index (χ4n) is 2.80. The molecular weight excluding hydrogens is 232 g/mol. The molecule has 104 valence electrons. The Morgan fingerprint density at radius 1 is 1.50 bits per heavy atom. The van der Waals surface area contributed by atoms with Crippen LogP contribution < -0.4 is 5.32 Å². The first kappa shape index (κ1) is 13.8. The molecule has 1 amide bonds. The van der Waals surface area contributed by atoms with Crippen molar-refractivity contribution in [2.75, 3.05) is 39.9 Å². The summed E-state index contributed by atoms with van der Waals surface area (Å²) in [5.74, 6) is 0.231. The number of carbonyl (C=O) groups is 1. The van der Waals surface area contributed by atoms with Crippen LogP contribution in [-0.4, -0.2) is 61.4 Å². The van der Waals surface area contributed by atoms with E-state index in [1.165, 1.54) is 0 Å². The van der Waals surface area contributed by atoms with Crippen LogP contribution in [0.1, 0.15) is 25.7 Å². The van der Waals surface area contributed by atoms with Crippen molar-refractivity contribution in [1.29, 1.82) is 0 Å². The summed E-state index contributed by atoms with van der Waals surface area (Å²) in [6, 6.07) is 0. The first-order valence-electron chi connectivity index (χ1n) is 6.87. The molecule has 2 saturated heterocycles. The minimum atomic E-state index is -0.759. The van der Waals surface area contributed by atoms with Crippen LogP contribution in [0, 0.1) is 5.92 Å². The van der Waals surface area contributed by atoms with Gasteiger partial charge in [0.25, 0.3) is 0 Å². The highest BCUT2D eigenvalue weighted by Gasteiger charge is 2.34. The van der Waals surface area contributed by atoms with Gasteiger partial charge in [-0.3, -0.25) is 4.79 Å². The van der Waals surface area contributed by atoms with E-state index in [0.29, 0.717) is 32.6 Å². The average molecular weight is 256 g/mol. The van der Waals surface area contributed by atoms with Gasteiger partial charge in [-0.1, -0.05) is 0 Å². The summed E-state index contributed by atoms with van der Waals surface area (Å²) in [5.41, 5.74) is -0.759. The molecule has 0 bridgehead atoms. The summed E-state index contributed by atoms with van der Waals surface area (Å²) in [7, 11) is 1.80. The van der Waals surface area contributed by atoms with Gasteiger partial charge in [0.15, 0.2) is 0 Å². The predicted octanol–water partition coefficient (Wildman–Crippen LogP) is -0.0141. The van der Waals surface area contributed by atoms with Crippen LogP contribution in [0.5, 0.6) is 0 Å². The Morgan fingerprint density at radius 3 is 2.83 bits per heavy atom. The average Bonchev–Trinajstić information content (AvgIpc) is 2.39. The molecule has 0 spiro atoms. The Hall–Kier alpha value is -0.650. The number of hydrogen-bond acceptors (Lipinski definition) is 4. The van der Waals surface area contributed by atoms with Crippen LogP contribution in [0.25, 0.3) is 0 Å². The number of aliphatic hydroxyl groups is 1. The second-order valence-corrected chi connectivity index (χ2v) is 5.57. The van der Waals surface area contributed by atoms with E-state index in [2.05, 4.69) is 5.32 Å². The molecule has 2 aliphatic rings. The number of carbonyl (C=O) groups excluding carboxylic acids is 1. The van der Waals surface area contributed by atoms with E-state index in [1.807, 2.05) is 0 Å². The molecule has 0 saturated carbocycles. The second-order valence-electron chi connectivity index (χ2n) is 5.57. The normalized spacial score (nSPS) is 27.8. The van der Waals surface area contributed by atoms with Gasteiger partial charge in [0, 0.05) is 46.2 Å². The molecule has 5 heteroatoms. The lowest BCUT2D eigenvalue weighted by atomic mass is 9.92. The zero-order valence-electron chi connectivity index (χ0n) is 11.2. The first-order valence-corrected chi connectivity index (χ1v) is 6.87. The fraction of sp³-hybridized carbons (Fsp3) is 0.923. The molecule has 2 aliphatic heterocycles. The fourth-order valence-corrected chi connectivity index (χ4v) is 2.80. The molecule has 0 aromatic carbocycles. The highest BCUT2D eigenvalue weighted by atomic mass is 16.5. The van der Waals surface area contributed by atoms with Gasteiger partial charge in [-0.2, -0.15) is 0 Å². The molecule has 1 atom stereocenters. The van der Waals surface area contributed by atoms with Gasteiger partial charge in [0.05, 0.1) is 11.5 Å². The standard InChI is InChI=1S/C13H24N2O3/c1-15(10-13(17)4-7-18-8-5-13)12(16)11-3-2-6-14-9-11/h11,14,17H,2-10H2,1H3. The van der Waals surface area contributed by atoms with Gasteiger partial charge in [-0.05, 0) is 19.4 Å². The molecule has 5 nitrogen and oxygen atoms in total. The zero-order chi connectivity index (χ0) is 13.0. The van der Waals surface area contributed by atoms with Crippen LogP contribution in [0.4, 0.5) is 0 Å². The lowest BCUT2D eigenvalue weighted by molar-refractivity contribution is -0.141. The van der Waals surface area contributed by atoms with Crippen LogP contribution in [0.15, 0.2) is 0 Å². The first-order chi connectivity index (χ1) is 8.61. The van der Waals surface area contributed by atoms with Gasteiger partial charge in [0.1, 0.15) is 0 Å². The Balaban J connectivity index is 1.85. The lowest BCUT2D eigenvalue weighted by Crippen LogP contribution is -2.50. The van der Waals surface area contributed by atoms with Crippen LogP contribution in [-0.2, 0) is 9.53 Å². The summed E-state index contributed by atoms with van der Waals surface area (Å²) >= 11 is 0. The Bertz CT molecular complexity index is 284. The maximum Gasteiger partial charge on any atom is 0.226 e. The smallest absolute Gasteiger partial charge is 0.226 e.